The number of rotatable bonds is 5. The van der Waals surface area contributed by atoms with Gasteiger partial charge in [0.1, 0.15) is 0 Å². The topological polar surface area (TPSA) is 21.3 Å². The fourth-order valence-corrected chi connectivity index (χ4v) is 3.39. The van der Waals surface area contributed by atoms with Crippen LogP contribution >= 0.6 is 15.9 Å². The molecule has 3 unspecified atom stereocenters. The van der Waals surface area contributed by atoms with E-state index < -0.39 is 0 Å². The van der Waals surface area contributed by atoms with Gasteiger partial charge in [-0.3, -0.25) is 0 Å². The molecule has 2 rings (SSSR count). The van der Waals surface area contributed by atoms with Gasteiger partial charge in [0.2, 0.25) is 0 Å². The maximum Gasteiger partial charge on any atom is 0.0963 e. The van der Waals surface area contributed by atoms with E-state index in [1.54, 1.807) is 0 Å². The predicted molar refractivity (Wildman–Crippen MR) is 83.3 cm³/mol. The molecule has 0 amide bonds. The average molecular weight is 326 g/mol. The van der Waals surface area contributed by atoms with Gasteiger partial charge in [0.05, 0.1) is 12.2 Å². The van der Waals surface area contributed by atoms with Crippen LogP contribution in [0, 0.1) is 5.92 Å². The Bertz CT molecular complexity index is 396. The lowest BCUT2D eigenvalue weighted by Gasteiger charge is -2.33. The predicted octanol–water partition coefficient (Wildman–Crippen LogP) is 4.30. The van der Waals surface area contributed by atoms with E-state index in [1.165, 1.54) is 31.2 Å². The molecule has 1 aromatic carbocycles. The van der Waals surface area contributed by atoms with Crippen molar-refractivity contribution in [2.24, 2.45) is 5.92 Å². The van der Waals surface area contributed by atoms with Crippen LogP contribution in [0.3, 0.4) is 0 Å². The fraction of sp³-hybridized carbons (Fsp3) is 0.625. The van der Waals surface area contributed by atoms with Crippen molar-refractivity contribution in [3.63, 3.8) is 0 Å². The summed E-state index contributed by atoms with van der Waals surface area (Å²) in [6.07, 6.45) is 5.69. The van der Waals surface area contributed by atoms with E-state index in [9.17, 15) is 0 Å². The molecule has 0 bridgehead atoms. The number of hydrogen-bond donors (Lipinski definition) is 1. The highest BCUT2D eigenvalue weighted by Gasteiger charge is 2.26. The van der Waals surface area contributed by atoms with Crippen molar-refractivity contribution in [2.45, 2.75) is 44.8 Å². The zero-order valence-electron chi connectivity index (χ0n) is 11.9. The molecule has 1 N–H and O–H groups in total. The van der Waals surface area contributed by atoms with Crippen molar-refractivity contribution < 1.29 is 4.74 Å². The standard InChI is InChI=1S/C16H24BrNO/c1-12-7-3-6-10-15(12)19-16(11-18-2)13-8-4-5-9-14(13)17/h4-5,8-9,12,15-16,18H,3,6-7,10-11H2,1-2H3. The minimum absolute atomic E-state index is 0.131. The van der Waals surface area contributed by atoms with Gasteiger partial charge in [-0.05, 0) is 37.4 Å². The number of likely N-dealkylation sites (N-methyl/N-ethyl adjacent to an activating group) is 1. The number of hydrogen-bond acceptors (Lipinski definition) is 2. The molecule has 1 aliphatic rings. The minimum atomic E-state index is 0.131. The van der Waals surface area contributed by atoms with Crippen molar-refractivity contribution in [2.75, 3.05) is 13.6 Å². The van der Waals surface area contributed by atoms with Crippen LogP contribution in [0.25, 0.3) is 0 Å². The highest BCUT2D eigenvalue weighted by Crippen LogP contribution is 2.33. The molecule has 106 valence electrons. The van der Waals surface area contributed by atoms with Crippen LogP contribution in [-0.2, 0) is 4.74 Å². The second kappa shape index (κ2) is 7.41. The van der Waals surface area contributed by atoms with E-state index in [2.05, 4.69) is 46.4 Å². The molecule has 0 aliphatic heterocycles. The Kier molecular flexibility index (Phi) is 5.86. The molecule has 1 fully saturated rings. The Morgan fingerprint density at radius 1 is 1.32 bits per heavy atom. The number of nitrogens with one attached hydrogen (secondary N) is 1. The summed E-state index contributed by atoms with van der Waals surface area (Å²) in [6.45, 7) is 3.17. The van der Waals surface area contributed by atoms with Crippen molar-refractivity contribution >= 4 is 15.9 Å². The van der Waals surface area contributed by atoms with Crippen molar-refractivity contribution in [1.29, 1.82) is 0 Å². The van der Waals surface area contributed by atoms with Gasteiger partial charge in [0.15, 0.2) is 0 Å². The quantitative estimate of drug-likeness (QED) is 0.871. The van der Waals surface area contributed by atoms with E-state index in [0.29, 0.717) is 12.0 Å². The van der Waals surface area contributed by atoms with Gasteiger partial charge in [-0.25, -0.2) is 0 Å². The molecule has 0 spiro atoms. The molecular weight excluding hydrogens is 302 g/mol. The summed E-state index contributed by atoms with van der Waals surface area (Å²) in [5, 5.41) is 3.25. The molecule has 0 radical (unpaired) electrons. The first-order valence-electron chi connectivity index (χ1n) is 7.27. The normalized spacial score (nSPS) is 25.2. The Morgan fingerprint density at radius 3 is 2.74 bits per heavy atom. The van der Waals surface area contributed by atoms with Gasteiger partial charge in [-0.15, -0.1) is 0 Å². The third-order valence-corrected chi connectivity index (χ3v) is 4.74. The molecule has 1 aliphatic carbocycles. The number of benzene rings is 1. The third-order valence-electron chi connectivity index (χ3n) is 4.01. The SMILES string of the molecule is CNCC(OC1CCCCC1C)c1ccccc1Br. The third kappa shape index (κ3) is 4.04. The lowest BCUT2D eigenvalue weighted by molar-refractivity contribution is -0.0560. The Hall–Kier alpha value is -0.380. The first-order valence-corrected chi connectivity index (χ1v) is 8.06. The Balaban J connectivity index is 2.09. The highest BCUT2D eigenvalue weighted by atomic mass is 79.9. The number of ether oxygens (including phenoxy) is 1. The maximum absolute atomic E-state index is 6.42. The molecule has 0 saturated heterocycles. The van der Waals surface area contributed by atoms with Gasteiger partial charge >= 0.3 is 0 Å². The first kappa shape index (κ1) is 15.0. The smallest absolute Gasteiger partial charge is 0.0963 e. The first-order chi connectivity index (χ1) is 9.22. The summed E-state index contributed by atoms with van der Waals surface area (Å²) < 4.78 is 7.56. The molecule has 1 aromatic rings. The summed E-state index contributed by atoms with van der Waals surface area (Å²) in [7, 11) is 1.98. The van der Waals surface area contributed by atoms with E-state index in [-0.39, 0.29) is 6.10 Å². The summed E-state index contributed by atoms with van der Waals surface area (Å²) in [5.41, 5.74) is 1.25. The van der Waals surface area contributed by atoms with Gasteiger partial charge in [0.25, 0.3) is 0 Å². The van der Waals surface area contributed by atoms with Gasteiger partial charge < -0.3 is 10.1 Å². The van der Waals surface area contributed by atoms with Crippen LogP contribution in [0.5, 0.6) is 0 Å². The Morgan fingerprint density at radius 2 is 2.05 bits per heavy atom. The summed E-state index contributed by atoms with van der Waals surface area (Å²) in [4.78, 5) is 0. The van der Waals surface area contributed by atoms with Crippen LogP contribution < -0.4 is 5.32 Å². The van der Waals surface area contributed by atoms with Gasteiger partial charge in [-0.1, -0.05) is 53.9 Å². The minimum Gasteiger partial charge on any atom is -0.369 e. The summed E-state index contributed by atoms with van der Waals surface area (Å²) in [6, 6.07) is 8.37. The highest BCUT2D eigenvalue weighted by molar-refractivity contribution is 9.10. The molecular formula is C16H24BrNO. The molecule has 19 heavy (non-hydrogen) atoms. The van der Waals surface area contributed by atoms with E-state index >= 15 is 0 Å². The van der Waals surface area contributed by atoms with Crippen LogP contribution in [0.1, 0.15) is 44.3 Å². The summed E-state index contributed by atoms with van der Waals surface area (Å²) >= 11 is 3.64. The Labute approximate surface area is 125 Å². The second-order valence-corrected chi connectivity index (χ2v) is 6.36. The zero-order valence-corrected chi connectivity index (χ0v) is 13.4. The second-order valence-electron chi connectivity index (χ2n) is 5.50. The molecule has 0 heterocycles. The van der Waals surface area contributed by atoms with Crippen LogP contribution in [0.4, 0.5) is 0 Å². The molecule has 1 saturated carbocycles. The maximum atomic E-state index is 6.42. The van der Waals surface area contributed by atoms with Gasteiger partial charge in [-0.2, -0.15) is 0 Å². The average Bonchev–Trinajstić information content (AvgIpc) is 2.41. The van der Waals surface area contributed by atoms with E-state index in [4.69, 9.17) is 4.74 Å². The van der Waals surface area contributed by atoms with Crippen LogP contribution in [0.15, 0.2) is 28.7 Å². The van der Waals surface area contributed by atoms with Crippen LogP contribution in [-0.4, -0.2) is 19.7 Å². The monoisotopic (exact) mass is 325 g/mol. The lowest BCUT2D eigenvalue weighted by Crippen LogP contribution is -2.31. The molecule has 2 nitrogen and oxygen atoms in total. The van der Waals surface area contributed by atoms with E-state index in [0.717, 1.165) is 11.0 Å². The van der Waals surface area contributed by atoms with Crippen molar-refractivity contribution in [1.82, 2.24) is 5.32 Å². The lowest BCUT2D eigenvalue weighted by atomic mass is 9.87. The van der Waals surface area contributed by atoms with Crippen molar-refractivity contribution in [3.8, 4) is 0 Å². The molecule has 3 heteroatoms. The van der Waals surface area contributed by atoms with E-state index in [1.807, 2.05) is 13.1 Å². The van der Waals surface area contributed by atoms with Gasteiger partial charge in [0, 0.05) is 11.0 Å². The summed E-state index contributed by atoms with van der Waals surface area (Å²) in [5.74, 6) is 0.676. The zero-order chi connectivity index (χ0) is 13.7. The van der Waals surface area contributed by atoms with Crippen LogP contribution in [0.2, 0.25) is 0 Å². The molecule has 0 aromatic heterocycles. The largest absolute Gasteiger partial charge is 0.369 e. The fourth-order valence-electron chi connectivity index (χ4n) is 2.85. The van der Waals surface area contributed by atoms with Crippen molar-refractivity contribution in [3.05, 3.63) is 34.3 Å². The number of halogens is 1. The molecule has 3 atom stereocenters.